The van der Waals surface area contributed by atoms with Gasteiger partial charge in [-0.1, -0.05) is 35.3 Å². The maximum Gasteiger partial charge on any atom is 0.269 e. The molecular formula is C21H16Cl2N2O4. The first-order chi connectivity index (χ1) is 13.9. The normalized spacial score (nSPS) is 19.4. The average molecular weight is 431 g/mol. The van der Waals surface area contributed by atoms with E-state index in [0.717, 1.165) is 0 Å². The highest BCUT2D eigenvalue weighted by Crippen LogP contribution is 2.45. The van der Waals surface area contributed by atoms with Gasteiger partial charge < -0.3 is 0 Å². The van der Waals surface area contributed by atoms with Gasteiger partial charge in [-0.25, -0.2) is 0 Å². The number of carbonyl (C=O) groups excluding carboxylic acids is 2. The molecule has 4 rings (SSSR count). The van der Waals surface area contributed by atoms with E-state index < -0.39 is 10.8 Å². The van der Waals surface area contributed by atoms with Crippen LogP contribution in [-0.2, 0) is 9.59 Å². The summed E-state index contributed by atoms with van der Waals surface area (Å²) in [6, 6.07) is 11.0. The van der Waals surface area contributed by atoms with Crippen molar-refractivity contribution in [3.8, 4) is 0 Å². The molecular weight excluding hydrogens is 415 g/mol. The second-order valence-electron chi connectivity index (χ2n) is 7.07. The number of nitro groups is 1. The Bertz CT molecular complexity index is 1080. The van der Waals surface area contributed by atoms with Crippen molar-refractivity contribution < 1.29 is 14.5 Å². The number of nitro benzene ring substituents is 1. The van der Waals surface area contributed by atoms with Crippen LogP contribution in [0.3, 0.4) is 0 Å². The summed E-state index contributed by atoms with van der Waals surface area (Å²) in [4.78, 5) is 38.2. The number of carbonyl (C=O) groups is 2. The summed E-state index contributed by atoms with van der Waals surface area (Å²) in [6.07, 6.45) is 1.61. The highest BCUT2D eigenvalue weighted by Gasteiger charge is 2.40. The van der Waals surface area contributed by atoms with Crippen molar-refractivity contribution in [2.75, 3.05) is 4.90 Å². The summed E-state index contributed by atoms with van der Waals surface area (Å²) in [7, 11) is 0. The van der Waals surface area contributed by atoms with E-state index in [1.54, 1.807) is 30.3 Å². The highest BCUT2D eigenvalue weighted by molar-refractivity contribution is 6.37. The van der Waals surface area contributed by atoms with Crippen molar-refractivity contribution in [2.24, 2.45) is 0 Å². The van der Waals surface area contributed by atoms with Gasteiger partial charge in [-0.05, 0) is 36.6 Å². The van der Waals surface area contributed by atoms with Gasteiger partial charge in [-0.3, -0.25) is 24.6 Å². The lowest BCUT2D eigenvalue weighted by atomic mass is 9.77. The second-order valence-corrected chi connectivity index (χ2v) is 7.91. The number of anilines is 1. The number of halogens is 2. The molecule has 0 aromatic heterocycles. The molecule has 1 amide bonds. The smallest absolute Gasteiger partial charge is 0.269 e. The van der Waals surface area contributed by atoms with Crippen LogP contribution in [0.15, 0.2) is 53.7 Å². The van der Waals surface area contributed by atoms with Crippen LogP contribution in [0.5, 0.6) is 0 Å². The predicted molar refractivity (Wildman–Crippen MR) is 110 cm³/mol. The molecule has 29 heavy (non-hydrogen) atoms. The van der Waals surface area contributed by atoms with Crippen LogP contribution in [0.4, 0.5) is 11.4 Å². The Labute approximate surface area is 176 Å². The number of rotatable bonds is 3. The minimum Gasteiger partial charge on any atom is -0.294 e. The zero-order valence-corrected chi connectivity index (χ0v) is 16.7. The molecule has 2 aromatic carbocycles. The Balaban J connectivity index is 1.87. The Morgan fingerprint density at radius 2 is 1.86 bits per heavy atom. The SMILES string of the molecule is O=C1CCCC2=C1C(c1cccc([N+](=O)[O-])c1)CC(=O)N2c1ccc(Cl)cc1Cl. The zero-order chi connectivity index (χ0) is 20.7. The minimum absolute atomic E-state index is 0.0324. The Hall–Kier alpha value is -2.70. The first kappa shape index (κ1) is 19.6. The van der Waals surface area contributed by atoms with Gasteiger partial charge in [-0.15, -0.1) is 0 Å². The second kappa shape index (κ2) is 7.61. The fraction of sp³-hybridized carbons (Fsp3) is 0.238. The average Bonchev–Trinajstić information content (AvgIpc) is 2.68. The minimum atomic E-state index is -0.507. The number of nitrogens with zero attached hydrogens (tertiary/aromatic N) is 2. The third-order valence-corrected chi connectivity index (χ3v) is 5.85. The van der Waals surface area contributed by atoms with Crippen molar-refractivity contribution in [2.45, 2.75) is 31.6 Å². The highest BCUT2D eigenvalue weighted by atomic mass is 35.5. The van der Waals surface area contributed by atoms with Gasteiger partial charge in [0.1, 0.15) is 0 Å². The molecule has 0 bridgehead atoms. The number of ketones is 1. The standard InChI is InChI=1S/C21H16Cl2N2O4/c22-13-7-8-17(16(23)10-13)24-18-5-2-6-19(26)21(18)15(11-20(24)27)12-3-1-4-14(9-12)25(28)29/h1,3-4,7-10,15H,2,5-6,11H2. The fourth-order valence-corrected chi connectivity index (χ4v) is 4.57. The maximum absolute atomic E-state index is 13.2. The molecule has 0 spiro atoms. The van der Waals surface area contributed by atoms with E-state index in [0.29, 0.717) is 51.8 Å². The number of Topliss-reactive ketones (excluding diaryl/α,β-unsaturated/α-hetero) is 1. The number of hydrogen-bond acceptors (Lipinski definition) is 4. The van der Waals surface area contributed by atoms with E-state index in [-0.39, 0.29) is 23.8 Å². The lowest BCUT2D eigenvalue weighted by Crippen LogP contribution is -2.40. The molecule has 0 saturated heterocycles. The number of benzene rings is 2. The topological polar surface area (TPSA) is 80.5 Å². The van der Waals surface area contributed by atoms with Gasteiger partial charge in [0.25, 0.3) is 5.69 Å². The third kappa shape index (κ3) is 3.54. The van der Waals surface area contributed by atoms with Crippen molar-refractivity contribution in [1.29, 1.82) is 0 Å². The quantitative estimate of drug-likeness (QED) is 0.480. The molecule has 8 heteroatoms. The molecule has 148 valence electrons. The lowest BCUT2D eigenvalue weighted by molar-refractivity contribution is -0.384. The Morgan fingerprint density at radius 3 is 2.59 bits per heavy atom. The number of hydrogen-bond donors (Lipinski definition) is 0. The first-order valence-corrected chi connectivity index (χ1v) is 9.91. The number of amides is 1. The van der Waals surface area contributed by atoms with Gasteiger partial charge in [0.15, 0.2) is 5.78 Å². The zero-order valence-electron chi connectivity index (χ0n) is 15.2. The Kier molecular flexibility index (Phi) is 5.15. The summed E-state index contributed by atoms with van der Waals surface area (Å²) in [5.74, 6) is -0.753. The van der Waals surface area contributed by atoms with Crippen LogP contribution in [0.2, 0.25) is 10.0 Å². The predicted octanol–water partition coefficient (Wildman–Crippen LogP) is 5.43. The van der Waals surface area contributed by atoms with Crippen molar-refractivity contribution >= 4 is 46.3 Å². The molecule has 0 radical (unpaired) electrons. The molecule has 1 atom stereocenters. The largest absolute Gasteiger partial charge is 0.294 e. The van der Waals surface area contributed by atoms with Gasteiger partial charge in [0, 0.05) is 47.2 Å². The number of allylic oxidation sites excluding steroid dienone is 2. The van der Waals surface area contributed by atoms with E-state index in [4.69, 9.17) is 23.2 Å². The number of non-ortho nitro benzene ring substituents is 1. The van der Waals surface area contributed by atoms with Crippen LogP contribution >= 0.6 is 23.2 Å². The molecule has 1 unspecified atom stereocenters. The van der Waals surface area contributed by atoms with E-state index >= 15 is 0 Å². The van der Waals surface area contributed by atoms with Crippen molar-refractivity contribution in [3.63, 3.8) is 0 Å². The van der Waals surface area contributed by atoms with Crippen LogP contribution < -0.4 is 4.90 Å². The molecule has 1 heterocycles. The van der Waals surface area contributed by atoms with Crippen LogP contribution in [0.1, 0.15) is 37.2 Å². The molecule has 0 saturated carbocycles. The molecule has 2 aliphatic rings. The van der Waals surface area contributed by atoms with Gasteiger partial charge in [-0.2, -0.15) is 0 Å². The van der Waals surface area contributed by atoms with E-state index in [9.17, 15) is 19.7 Å². The fourth-order valence-electron chi connectivity index (χ4n) is 4.07. The Morgan fingerprint density at radius 1 is 1.07 bits per heavy atom. The van der Waals surface area contributed by atoms with Crippen LogP contribution in [0, 0.1) is 10.1 Å². The molecule has 2 aromatic rings. The molecule has 0 fully saturated rings. The summed E-state index contributed by atoms with van der Waals surface area (Å²) < 4.78 is 0. The monoisotopic (exact) mass is 430 g/mol. The van der Waals surface area contributed by atoms with E-state index in [1.807, 2.05) is 0 Å². The van der Waals surface area contributed by atoms with Gasteiger partial charge >= 0.3 is 0 Å². The van der Waals surface area contributed by atoms with Crippen molar-refractivity contribution in [1.82, 2.24) is 0 Å². The molecule has 0 N–H and O–H groups in total. The molecule has 1 aliphatic carbocycles. The summed E-state index contributed by atoms with van der Waals surface area (Å²) >= 11 is 12.3. The lowest BCUT2D eigenvalue weighted by Gasteiger charge is -2.38. The summed E-state index contributed by atoms with van der Waals surface area (Å²) in [5.41, 5.74) is 2.18. The first-order valence-electron chi connectivity index (χ1n) is 9.15. The van der Waals surface area contributed by atoms with Gasteiger partial charge in [0.05, 0.1) is 15.6 Å². The van der Waals surface area contributed by atoms with E-state index in [1.165, 1.54) is 17.0 Å². The van der Waals surface area contributed by atoms with Crippen molar-refractivity contribution in [3.05, 3.63) is 79.5 Å². The van der Waals surface area contributed by atoms with Gasteiger partial charge in [0.2, 0.25) is 5.91 Å². The maximum atomic E-state index is 13.2. The van der Waals surface area contributed by atoms with E-state index in [2.05, 4.69) is 0 Å². The molecule has 6 nitrogen and oxygen atoms in total. The van der Waals surface area contributed by atoms with Crippen LogP contribution in [0.25, 0.3) is 0 Å². The third-order valence-electron chi connectivity index (χ3n) is 5.31. The summed E-state index contributed by atoms with van der Waals surface area (Å²) in [6.45, 7) is 0. The molecule has 1 aliphatic heterocycles. The summed E-state index contributed by atoms with van der Waals surface area (Å²) in [5, 5.41) is 11.9. The van der Waals surface area contributed by atoms with Crippen LogP contribution in [-0.4, -0.2) is 16.6 Å².